The van der Waals surface area contributed by atoms with Crippen LogP contribution in [0.25, 0.3) is 0 Å². The van der Waals surface area contributed by atoms with Gasteiger partial charge in [0.05, 0.1) is 0 Å². The highest BCUT2D eigenvalue weighted by molar-refractivity contribution is 7.98. The van der Waals surface area contributed by atoms with E-state index in [1.165, 1.54) is 12.1 Å². The van der Waals surface area contributed by atoms with E-state index < -0.39 is 7.12 Å². The summed E-state index contributed by atoms with van der Waals surface area (Å²) in [5.74, 6) is 0.890. The minimum Gasteiger partial charge on any atom is -0.423 e. The molecule has 0 spiro atoms. The van der Waals surface area contributed by atoms with Crippen molar-refractivity contribution in [2.45, 2.75) is 6.42 Å². The van der Waals surface area contributed by atoms with Gasteiger partial charge in [0.2, 0.25) is 0 Å². The van der Waals surface area contributed by atoms with Crippen molar-refractivity contribution in [3.63, 3.8) is 0 Å². The fraction of sp³-hybridized carbons (Fsp3) is 0.364. The molecule has 17 heavy (non-hydrogen) atoms. The van der Waals surface area contributed by atoms with E-state index in [-0.39, 0.29) is 5.91 Å². The Balaban J connectivity index is 2.46. The largest absolute Gasteiger partial charge is 0.488 e. The van der Waals surface area contributed by atoms with Gasteiger partial charge in [-0.05, 0) is 36.0 Å². The Labute approximate surface area is 106 Å². The summed E-state index contributed by atoms with van der Waals surface area (Å²) >= 11 is 1.75. The lowest BCUT2D eigenvalue weighted by molar-refractivity contribution is 0.0954. The van der Waals surface area contributed by atoms with Crippen LogP contribution in [0.15, 0.2) is 24.3 Å². The van der Waals surface area contributed by atoms with Crippen molar-refractivity contribution >= 4 is 30.3 Å². The predicted molar refractivity (Wildman–Crippen MR) is 71.6 cm³/mol. The van der Waals surface area contributed by atoms with Gasteiger partial charge in [0.25, 0.3) is 5.91 Å². The highest BCUT2D eigenvalue weighted by atomic mass is 32.2. The first kappa shape index (κ1) is 14.1. The van der Waals surface area contributed by atoms with Gasteiger partial charge in [-0.3, -0.25) is 4.79 Å². The number of carbonyl (C=O) groups is 1. The lowest BCUT2D eigenvalue weighted by Gasteiger charge is -2.05. The Morgan fingerprint density at radius 2 is 2.00 bits per heavy atom. The third-order valence-electron chi connectivity index (χ3n) is 2.28. The molecule has 6 heteroatoms. The topological polar surface area (TPSA) is 69.6 Å². The van der Waals surface area contributed by atoms with Crippen LogP contribution >= 0.6 is 11.8 Å². The van der Waals surface area contributed by atoms with Crippen molar-refractivity contribution in [3.05, 3.63) is 29.8 Å². The second kappa shape index (κ2) is 7.37. The van der Waals surface area contributed by atoms with Gasteiger partial charge in [-0.2, -0.15) is 11.8 Å². The second-order valence-corrected chi connectivity index (χ2v) is 4.58. The molecule has 1 aromatic rings. The number of hydrogen-bond donors (Lipinski definition) is 3. The summed E-state index contributed by atoms with van der Waals surface area (Å²) in [5.41, 5.74) is 0.905. The normalized spacial score (nSPS) is 10.1. The molecule has 0 aliphatic carbocycles. The van der Waals surface area contributed by atoms with Crippen LogP contribution in [0.1, 0.15) is 16.8 Å². The van der Waals surface area contributed by atoms with Gasteiger partial charge in [0.15, 0.2) is 0 Å². The fourth-order valence-electron chi connectivity index (χ4n) is 1.33. The minimum atomic E-state index is -1.49. The molecule has 0 bridgehead atoms. The van der Waals surface area contributed by atoms with Gasteiger partial charge in [-0.1, -0.05) is 12.1 Å². The summed E-state index contributed by atoms with van der Waals surface area (Å²) in [5, 5.41) is 20.6. The molecule has 3 N–H and O–H groups in total. The Morgan fingerprint density at radius 3 is 2.53 bits per heavy atom. The van der Waals surface area contributed by atoms with E-state index in [2.05, 4.69) is 5.32 Å². The molecule has 0 atom stereocenters. The van der Waals surface area contributed by atoms with Crippen LogP contribution < -0.4 is 10.8 Å². The number of thioether (sulfide) groups is 1. The lowest BCUT2D eigenvalue weighted by Crippen LogP contribution is -2.30. The average Bonchev–Trinajstić information content (AvgIpc) is 2.34. The lowest BCUT2D eigenvalue weighted by atomic mass is 9.80. The monoisotopic (exact) mass is 253 g/mol. The maximum absolute atomic E-state index is 11.6. The molecule has 0 aliphatic heterocycles. The molecule has 4 nitrogen and oxygen atoms in total. The zero-order chi connectivity index (χ0) is 12.7. The zero-order valence-electron chi connectivity index (χ0n) is 9.72. The van der Waals surface area contributed by atoms with Crippen LogP contribution in [0.4, 0.5) is 0 Å². The average molecular weight is 253 g/mol. The Bertz CT molecular complexity index is 356. The Hall–Kier alpha value is -0.975. The van der Waals surface area contributed by atoms with Crippen molar-refractivity contribution in [2.24, 2.45) is 0 Å². The molecule has 0 saturated carbocycles. The first-order valence-electron chi connectivity index (χ1n) is 5.38. The number of nitrogens with one attached hydrogen (secondary N) is 1. The summed E-state index contributed by atoms with van der Waals surface area (Å²) < 4.78 is 0. The van der Waals surface area contributed by atoms with Crippen LogP contribution in [-0.4, -0.2) is 41.6 Å². The number of benzene rings is 1. The molecular formula is C11H16BNO3S. The first-order chi connectivity index (χ1) is 8.15. The molecule has 1 amide bonds. The number of rotatable bonds is 6. The van der Waals surface area contributed by atoms with Gasteiger partial charge in [0.1, 0.15) is 0 Å². The van der Waals surface area contributed by atoms with E-state index in [0.717, 1.165) is 12.2 Å². The van der Waals surface area contributed by atoms with Crippen molar-refractivity contribution in [2.75, 3.05) is 18.6 Å². The molecule has 0 aromatic heterocycles. The Morgan fingerprint density at radius 1 is 1.35 bits per heavy atom. The van der Waals surface area contributed by atoms with E-state index in [9.17, 15) is 4.79 Å². The summed E-state index contributed by atoms with van der Waals surface area (Å²) in [6.07, 6.45) is 2.97. The molecule has 0 saturated heterocycles. The summed E-state index contributed by atoms with van der Waals surface area (Å²) in [6, 6.07) is 6.22. The molecule has 0 radical (unpaired) electrons. The number of hydrogen-bond acceptors (Lipinski definition) is 4. The molecule has 92 valence electrons. The molecule has 0 aliphatic rings. The SMILES string of the molecule is CSCCCNC(=O)c1ccc(B(O)O)cc1. The maximum Gasteiger partial charge on any atom is 0.488 e. The van der Waals surface area contributed by atoms with Crippen molar-refractivity contribution in [3.8, 4) is 0 Å². The predicted octanol–water partition coefficient (Wildman–Crippen LogP) is -0.151. The van der Waals surface area contributed by atoms with E-state index in [0.29, 0.717) is 17.6 Å². The minimum absolute atomic E-state index is 0.134. The first-order valence-corrected chi connectivity index (χ1v) is 6.77. The molecule has 1 rings (SSSR count). The van der Waals surface area contributed by atoms with Crippen LogP contribution in [0.3, 0.4) is 0 Å². The van der Waals surface area contributed by atoms with Gasteiger partial charge in [-0.15, -0.1) is 0 Å². The molecule has 1 aromatic carbocycles. The van der Waals surface area contributed by atoms with Crippen LogP contribution in [0.5, 0.6) is 0 Å². The summed E-state index contributed by atoms with van der Waals surface area (Å²) in [4.78, 5) is 11.6. The smallest absolute Gasteiger partial charge is 0.423 e. The third-order valence-corrected chi connectivity index (χ3v) is 2.98. The highest BCUT2D eigenvalue weighted by Gasteiger charge is 2.11. The van der Waals surface area contributed by atoms with Crippen molar-refractivity contribution in [1.29, 1.82) is 0 Å². The van der Waals surface area contributed by atoms with E-state index in [1.54, 1.807) is 23.9 Å². The summed E-state index contributed by atoms with van der Waals surface area (Å²) in [6.45, 7) is 0.657. The quantitative estimate of drug-likeness (QED) is 0.487. The Kier molecular flexibility index (Phi) is 6.11. The van der Waals surface area contributed by atoms with Crippen LogP contribution in [-0.2, 0) is 0 Å². The standard InChI is InChI=1S/C11H16BNO3S/c1-17-8-2-7-13-11(14)9-3-5-10(6-4-9)12(15)16/h3-6,15-16H,2,7-8H2,1H3,(H,13,14). The van der Waals surface area contributed by atoms with Crippen molar-refractivity contribution < 1.29 is 14.8 Å². The van der Waals surface area contributed by atoms with Gasteiger partial charge in [-0.25, -0.2) is 0 Å². The van der Waals surface area contributed by atoms with Gasteiger partial charge < -0.3 is 15.4 Å². The van der Waals surface area contributed by atoms with Crippen LogP contribution in [0, 0.1) is 0 Å². The van der Waals surface area contributed by atoms with Gasteiger partial charge >= 0.3 is 7.12 Å². The second-order valence-electron chi connectivity index (χ2n) is 3.60. The molecule has 0 unspecified atom stereocenters. The molecular weight excluding hydrogens is 237 g/mol. The molecule has 0 heterocycles. The van der Waals surface area contributed by atoms with Gasteiger partial charge in [0, 0.05) is 12.1 Å². The van der Waals surface area contributed by atoms with E-state index in [1.807, 2.05) is 6.26 Å². The summed E-state index contributed by atoms with van der Waals surface area (Å²) in [7, 11) is -1.49. The highest BCUT2D eigenvalue weighted by Crippen LogP contribution is 1.98. The number of amides is 1. The van der Waals surface area contributed by atoms with E-state index in [4.69, 9.17) is 10.0 Å². The van der Waals surface area contributed by atoms with Crippen molar-refractivity contribution in [1.82, 2.24) is 5.32 Å². The molecule has 0 fully saturated rings. The zero-order valence-corrected chi connectivity index (χ0v) is 10.5. The third kappa shape index (κ3) is 4.81. The maximum atomic E-state index is 11.6. The number of carbonyl (C=O) groups excluding carboxylic acids is 1. The van der Waals surface area contributed by atoms with Crippen LogP contribution in [0.2, 0.25) is 0 Å². The van der Waals surface area contributed by atoms with E-state index >= 15 is 0 Å². The fourth-order valence-corrected chi connectivity index (χ4v) is 1.76.